The van der Waals surface area contributed by atoms with Crippen molar-refractivity contribution in [1.29, 1.82) is 5.26 Å². The third-order valence-electron chi connectivity index (χ3n) is 4.71. The van der Waals surface area contributed by atoms with E-state index in [1.165, 1.54) is 29.5 Å². The summed E-state index contributed by atoms with van der Waals surface area (Å²) in [5, 5.41) is 13.0. The first kappa shape index (κ1) is 19.5. The summed E-state index contributed by atoms with van der Waals surface area (Å²) in [6.07, 6.45) is 8.79. The number of nitrogens with two attached hydrogens (primary N) is 1. The van der Waals surface area contributed by atoms with E-state index in [4.69, 9.17) is 5.73 Å². The monoisotopic (exact) mass is 339 g/mol. The van der Waals surface area contributed by atoms with E-state index in [0.717, 1.165) is 36.9 Å². The van der Waals surface area contributed by atoms with Crippen LogP contribution in [-0.4, -0.2) is 6.17 Å². The van der Waals surface area contributed by atoms with Gasteiger partial charge in [-0.15, -0.1) is 0 Å². The smallest absolute Gasteiger partial charge is 0.0991 e. The fraction of sp³-hybridized carbons (Fsp3) is 0.591. The van der Waals surface area contributed by atoms with Crippen LogP contribution in [0.2, 0.25) is 0 Å². The first-order valence-corrected chi connectivity index (χ1v) is 9.67. The van der Waals surface area contributed by atoms with Crippen molar-refractivity contribution in [2.75, 3.05) is 5.32 Å². The molecule has 0 bridgehead atoms. The molecule has 136 valence electrons. The molecule has 0 saturated heterocycles. The van der Waals surface area contributed by atoms with Gasteiger partial charge in [-0.2, -0.15) is 5.26 Å². The highest BCUT2D eigenvalue weighted by Gasteiger charge is 2.18. The van der Waals surface area contributed by atoms with Crippen LogP contribution in [0.1, 0.15) is 70.1 Å². The Morgan fingerprint density at radius 2 is 1.68 bits per heavy atom. The van der Waals surface area contributed by atoms with Gasteiger partial charge in [0.2, 0.25) is 0 Å². The quantitative estimate of drug-likeness (QED) is 0.533. The second kappa shape index (κ2) is 9.06. The Kier molecular flexibility index (Phi) is 7.08. The minimum Gasteiger partial charge on any atom is -0.366 e. The van der Waals surface area contributed by atoms with Crippen molar-refractivity contribution in [3.05, 3.63) is 40.5 Å². The summed E-state index contributed by atoms with van der Waals surface area (Å²) in [6.45, 7) is 8.87. The molecule has 0 aromatic heterocycles. The van der Waals surface area contributed by atoms with Gasteiger partial charge in [0, 0.05) is 5.69 Å². The third kappa shape index (κ3) is 5.61. The van der Waals surface area contributed by atoms with Gasteiger partial charge < -0.3 is 11.1 Å². The van der Waals surface area contributed by atoms with Gasteiger partial charge in [-0.3, -0.25) is 0 Å². The molecule has 1 aliphatic carbocycles. The zero-order valence-corrected chi connectivity index (χ0v) is 16.2. The Labute approximate surface area is 153 Å². The molecular weight excluding hydrogens is 306 g/mol. The summed E-state index contributed by atoms with van der Waals surface area (Å²) >= 11 is 0. The van der Waals surface area contributed by atoms with Crippen molar-refractivity contribution in [3.63, 3.8) is 0 Å². The Balaban J connectivity index is 2.40. The molecule has 3 nitrogen and oxygen atoms in total. The number of allylic oxidation sites excluding steroid dienone is 1. The highest BCUT2D eigenvalue weighted by atomic mass is 15.0. The van der Waals surface area contributed by atoms with Gasteiger partial charge in [0.25, 0.3) is 0 Å². The second-order valence-corrected chi connectivity index (χ2v) is 8.12. The first-order chi connectivity index (χ1) is 11.9. The summed E-state index contributed by atoms with van der Waals surface area (Å²) in [6, 6.07) is 6.40. The summed E-state index contributed by atoms with van der Waals surface area (Å²) in [5.41, 5.74) is 12.2. The predicted octanol–water partition coefficient (Wildman–Crippen LogP) is 5.15. The highest BCUT2D eigenvalue weighted by molar-refractivity contribution is 5.62. The lowest BCUT2D eigenvalue weighted by molar-refractivity contribution is 0.631. The number of anilines is 1. The van der Waals surface area contributed by atoms with Crippen molar-refractivity contribution in [2.45, 2.75) is 72.4 Å². The highest BCUT2D eigenvalue weighted by Crippen LogP contribution is 2.30. The number of nitriles is 1. The number of hydrogen-bond acceptors (Lipinski definition) is 3. The van der Waals surface area contributed by atoms with E-state index in [2.05, 4.69) is 45.2 Å². The zero-order chi connectivity index (χ0) is 18.4. The lowest BCUT2D eigenvalue weighted by Gasteiger charge is -2.26. The fourth-order valence-corrected chi connectivity index (χ4v) is 3.61. The maximum absolute atomic E-state index is 9.43. The van der Waals surface area contributed by atoms with Gasteiger partial charge in [0.15, 0.2) is 0 Å². The molecule has 3 N–H and O–H groups in total. The van der Waals surface area contributed by atoms with Crippen molar-refractivity contribution in [3.8, 4) is 6.07 Å². The van der Waals surface area contributed by atoms with Crippen LogP contribution in [0.5, 0.6) is 0 Å². The third-order valence-corrected chi connectivity index (χ3v) is 4.71. The first-order valence-electron chi connectivity index (χ1n) is 9.67. The molecule has 25 heavy (non-hydrogen) atoms. The van der Waals surface area contributed by atoms with Crippen LogP contribution < -0.4 is 11.1 Å². The van der Waals surface area contributed by atoms with Crippen molar-refractivity contribution >= 4 is 5.69 Å². The van der Waals surface area contributed by atoms with Gasteiger partial charge in [-0.05, 0) is 79.2 Å². The van der Waals surface area contributed by atoms with E-state index in [1.807, 2.05) is 12.1 Å². The summed E-state index contributed by atoms with van der Waals surface area (Å²) < 4.78 is 0. The maximum Gasteiger partial charge on any atom is 0.0991 e. The second-order valence-electron chi connectivity index (χ2n) is 8.12. The topological polar surface area (TPSA) is 61.8 Å². The SMILES string of the molecule is CC(C)Cc1cc(C#N)cc(CC(C)C)c1NC(N)C1=CCCCC1. The minimum absolute atomic E-state index is 0.134. The minimum atomic E-state index is -0.134. The molecular formula is C22H33N3. The molecule has 2 rings (SSSR count). The van der Waals surface area contributed by atoms with Crippen LogP contribution in [0.3, 0.4) is 0 Å². The van der Waals surface area contributed by atoms with Crippen LogP contribution in [0.15, 0.2) is 23.8 Å². The number of hydrogen-bond donors (Lipinski definition) is 2. The molecule has 1 unspecified atom stereocenters. The maximum atomic E-state index is 9.43. The molecule has 0 heterocycles. The number of nitrogens with one attached hydrogen (secondary N) is 1. The molecule has 0 amide bonds. The molecule has 0 aliphatic heterocycles. The normalized spacial score (nSPS) is 15.8. The largest absolute Gasteiger partial charge is 0.366 e. The molecule has 1 aliphatic rings. The van der Waals surface area contributed by atoms with Gasteiger partial charge >= 0.3 is 0 Å². The van der Waals surface area contributed by atoms with Crippen LogP contribution in [0.4, 0.5) is 5.69 Å². The zero-order valence-electron chi connectivity index (χ0n) is 16.2. The Morgan fingerprint density at radius 1 is 1.08 bits per heavy atom. The predicted molar refractivity (Wildman–Crippen MR) is 106 cm³/mol. The standard InChI is InChI=1S/C22H33N3/c1-15(2)10-19-12-17(14-23)13-20(11-16(3)4)21(19)25-22(24)18-8-6-5-7-9-18/h8,12-13,15-16,22,25H,5-7,9-11,24H2,1-4H3. The van der Waals surface area contributed by atoms with Gasteiger partial charge in [0.05, 0.1) is 17.8 Å². The van der Waals surface area contributed by atoms with Crippen LogP contribution in [0, 0.1) is 23.2 Å². The van der Waals surface area contributed by atoms with E-state index < -0.39 is 0 Å². The van der Waals surface area contributed by atoms with E-state index in [0.29, 0.717) is 11.8 Å². The molecule has 0 spiro atoms. The molecule has 0 saturated carbocycles. The molecule has 1 atom stereocenters. The van der Waals surface area contributed by atoms with E-state index in [1.54, 1.807) is 0 Å². The molecule has 3 heteroatoms. The van der Waals surface area contributed by atoms with Crippen LogP contribution in [0.25, 0.3) is 0 Å². The molecule has 1 aromatic carbocycles. The average molecular weight is 340 g/mol. The van der Waals surface area contributed by atoms with Gasteiger partial charge in [-0.25, -0.2) is 0 Å². The number of rotatable bonds is 7. The Morgan fingerprint density at radius 3 is 2.12 bits per heavy atom. The average Bonchev–Trinajstić information content (AvgIpc) is 2.57. The van der Waals surface area contributed by atoms with Crippen LogP contribution in [-0.2, 0) is 12.8 Å². The van der Waals surface area contributed by atoms with Gasteiger partial charge in [0.1, 0.15) is 0 Å². The summed E-state index contributed by atoms with van der Waals surface area (Å²) in [5.74, 6) is 1.07. The summed E-state index contributed by atoms with van der Waals surface area (Å²) in [7, 11) is 0. The van der Waals surface area contributed by atoms with E-state index >= 15 is 0 Å². The lowest BCUT2D eigenvalue weighted by atomic mass is 9.91. The fourth-order valence-electron chi connectivity index (χ4n) is 3.61. The van der Waals surface area contributed by atoms with Crippen molar-refractivity contribution in [1.82, 2.24) is 0 Å². The van der Waals surface area contributed by atoms with Gasteiger partial charge in [-0.1, -0.05) is 33.8 Å². The molecule has 1 aromatic rings. The molecule has 0 radical (unpaired) electrons. The lowest BCUT2D eigenvalue weighted by Crippen LogP contribution is -2.33. The van der Waals surface area contributed by atoms with E-state index in [9.17, 15) is 5.26 Å². The van der Waals surface area contributed by atoms with E-state index in [-0.39, 0.29) is 6.17 Å². The van der Waals surface area contributed by atoms with Crippen molar-refractivity contribution < 1.29 is 0 Å². The van der Waals surface area contributed by atoms with Crippen LogP contribution >= 0.6 is 0 Å². The number of nitrogens with zero attached hydrogens (tertiary/aromatic N) is 1. The molecule has 0 fully saturated rings. The Bertz CT molecular complexity index is 619. The summed E-state index contributed by atoms with van der Waals surface area (Å²) in [4.78, 5) is 0. The Hall–Kier alpha value is -1.79. The van der Waals surface area contributed by atoms with Crippen molar-refractivity contribution in [2.24, 2.45) is 17.6 Å². The number of benzene rings is 1.